The molecular weight excluding hydrogens is 206 g/mol. The van der Waals surface area contributed by atoms with Crippen molar-refractivity contribution in [2.24, 2.45) is 0 Å². The Labute approximate surface area is 108 Å². The van der Waals surface area contributed by atoms with Crippen molar-refractivity contribution in [2.45, 2.75) is 60.3 Å². The third kappa shape index (κ3) is 12.8. The minimum Gasteiger partial charge on any atom is -0.258 e. The smallest absolute Gasteiger partial charge is 0.0406 e. The molecule has 0 unspecified atom stereocenters. The highest BCUT2D eigenvalue weighted by molar-refractivity contribution is 5.09. The van der Waals surface area contributed by atoms with Crippen LogP contribution in [0.2, 0.25) is 0 Å². The largest absolute Gasteiger partial charge is 0.258 e. The van der Waals surface area contributed by atoms with Crippen LogP contribution in [0.4, 0.5) is 0 Å². The van der Waals surface area contributed by atoms with Gasteiger partial charge in [-0.25, -0.2) is 0 Å². The fourth-order valence-corrected chi connectivity index (χ4v) is 1.10. The lowest BCUT2D eigenvalue weighted by Crippen LogP contribution is -1.90. The van der Waals surface area contributed by atoms with E-state index in [1.54, 1.807) is 0 Å². The number of aromatic nitrogens is 1. The molecule has 1 rings (SSSR count). The average molecular weight is 235 g/mol. The van der Waals surface area contributed by atoms with Crippen molar-refractivity contribution in [2.75, 3.05) is 0 Å². The van der Waals surface area contributed by atoms with Crippen LogP contribution in [0.3, 0.4) is 0 Å². The van der Waals surface area contributed by atoms with E-state index >= 15 is 0 Å². The normalized spacial score (nSPS) is 8.29. The van der Waals surface area contributed by atoms with Gasteiger partial charge in [-0.05, 0) is 38.3 Å². The number of aryl methyl sites for hydroxylation is 2. The van der Waals surface area contributed by atoms with Crippen molar-refractivity contribution in [3.05, 3.63) is 42.2 Å². The van der Waals surface area contributed by atoms with E-state index in [1.165, 1.54) is 18.5 Å². The summed E-state index contributed by atoms with van der Waals surface area (Å²) in [6.07, 6.45) is 6.57. The summed E-state index contributed by atoms with van der Waals surface area (Å²) in [5.41, 5.74) is 2.35. The van der Waals surface area contributed by atoms with Gasteiger partial charge in [0.05, 0.1) is 0 Å². The molecule has 0 fully saturated rings. The molecule has 1 heteroatoms. The first kappa shape index (κ1) is 18.3. The molecule has 1 heterocycles. The zero-order chi connectivity index (χ0) is 13.5. The van der Waals surface area contributed by atoms with Crippen molar-refractivity contribution in [1.82, 2.24) is 4.98 Å². The number of hydrogen-bond donors (Lipinski definition) is 0. The second-order valence-electron chi connectivity index (χ2n) is 3.57. The van der Waals surface area contributed by atoms with Gasteiger partial charge in [-0.2, -0.15) is 0 Å². The summed E-state index contributed by atoms with van der Waals surface area (Å²) in [6.45, 7) is 13.8. The predicted octanol–water partition coefficient (Wildman–Crippen LogP) is 5.34. The maximum absolute atomic E-state index is 4.41. The number of allylic oxidation sites excluding steroid dienone is 1. The van der Waals surface area contributed by atoms with Crippen LogP contribution in [-0.2, 0) is 6.42 Å². The molecule has 0 N–H and O–H groups in total. The minimum absolute atomic E-state index is 1.08. The highest BCUT2D eigenvalue weighted by Gasteiger charge is 1.92. The van der Waals surface area contributed by atoms with E-state index in [0.717, 1.165) is 18.5 Å². The Morgan fingerprint density at radius 2 is 1.82 bits per heavy atom. The fraction of sp³-hybridized carbons (Fsp3) is 0.562. The number of rotatable bonds is 4. The molecule has 98 valence electrons. The summed E-state index contributed by atoms with van der Waals surface area (Å²) in [5, 5.41) is 0. The Bertz CT molecular complexity index is 266. The molecule has 0 saturated heterocycles. The van der Waals surface area contributed by atoms with E-state index < -0.39 is 0 Å². The second kappa shape index (κ2) is 14.9. The number of unbranched alkanes of at least 4 members (excludes halogenated alkanes) is 1. The highest BCUT2D eigenvalue weighted by Crippen LogP contribution is 2.02. The first-order valence-corrected chi connectivity index (χ1v) is 6.78. The summed E-state index contributed by atoms with van der Waals surface area (Å²) in [4.78, 5) is 4.41. The maximum atomic E-state index is 4.41. The summed E-state index contributed by atoms with van der Waals surface area (Å²) in [5.74, 6) is 0. The summed E-state index contributed by atoms with van der Waals surface area (Å²) >= 11 is 0. The molecule has 0 aromatic carbocycles. The van der Waals surface area contributed by atoms with E-state index in [0.29, 0.717) is 0 Å². The van der Waals surface area contributed by atoms with E-state index in [2.05, 4.69) is 37.5 Å². The lowest BCUT2D eigenvalue weighted by atomic mass is 10.2. The molecular formula is C16H29N. The molecule has 0 saturated carbocycles. The van der Waals surface area contributed by atoms with Crippen LogP contribution in [0.1, 0.15) is 58.3 Å². The van der Waals surface area contributed by atoms with Crippen LogP contribution >= 0.6 is 0 Å². The van der Waals surface area contributed by atoms with Gasteiger partial charge in [-0.15, -0.1) is 6.58 Å². The molecule has 1 aromatic rings. The van der Waals surface area contributed by atoms with Gasteiger partial charge in [0.2, 0.25) is 0 Å². The molecule has 0 aliphatic rings. The SMILES string of the molecule is C=CCC.CC.CCCCc1cccc(C)n1. The van der Waals surface area contributed by atoms with Crippen LogP contribution in [0.5, 0.6) is 0 Å². The summed E-state index contributed by atoms with van der Waals surface area (Å²) < 4.78 is 0. The minimum atomic E-state index is 1.08. The molecule has 0 aliphatic heterocycles. The summed E-state index contributed by atoms with van der Waals surface area (Å²) in [7, 11) is 0. The van der Waals surface area contributed by atoms with Gasteiger partial charge in [-0.1, -0.05) is 46.3 Å². The van der Waals surface area contributed by atoms with Crippen molar-refractivity contribution < 1.29 is 0 Å². The molecule has 0 amide bonds. The van der Waals surface area contributed by atoms with Crippen LogP contribution in [-0.4, -0.2) is 4.98 Å². The van der Waals surface area contributed by atoms with Crippen molar-refractivity contribution in [3.63, 3.8) is 0 Å². The van der Waals surface area contributed by atoms with E-state index in [4.69, 9.17) is 0 Å². The molecule has 0 bridgehead atoms. The van der Waals surface area contributed by atoms with Gasteiger partial charge in [0, 0.05) is 11.4 Å². The number of hydrogen-bond acceptors (Lipinski definition) is 1. The number of nitrogens with zero attached hydrogens (tertiary/aromatic N) is 1. The van der Waals surface area contributed by atoms with Crippen LogP contribution in [0.25, 0.3) is 0 Å². The van der Waals surface area contributed by atoms with Gasteiger partial charge < -0.3 is 0 Å². The molecule has 0 aliphatic carbocycles. The second-order valence-corrected chi connectivity index (χ2v) is 3.57. The maximum Gasteiger partial charge on any atom is 0.0406 e. The Hall–Kier alpha value is -1.11. The van der Waals surface area contributed by atoms with Gasteiger partial charge in [0.15, 0.2) is 0 Å². The molecule has 1 nitrogen and oxygen atoms in total. The molecule has 0 spiro atoms. The third-order valence-electron chi connectivity index (χ3n) is 2.02. The van der Waals surface area contributed by atoms with Gasteiger partial charge in [0.25, 0.3) is 0 Å². The summed E-state index contributed by atoms with van der Waals surface area (Å²) in [6, 6.07) is 6.21. The van der Waals surface area contributed by atoms with E-state index in [1.807, 2.05) is 32.9 Å². The first-order chi connectivity index (χ1) is 8.24. The quantitative estimate of drug-likeness (QED) is 0.642. The predicted molar refractivity (Wildman–Crippen MR) is 79.4 cm³/mol. The van der Waals surface area contributed by atoms with Gasteiger partial charge in [-0.3, -0.25) is 4.98 Å². The average Bonchev–Trinajstić information content (AvgIpc) is 2.39. The lowest BCUT2D eigenvalue weighted by Gasteiger charge is -1.98. The Morgan fingerprint density at radius 1 is 1.24 bits per heavy atom. The van der Waals surface area contributed by atoms with Gasteiger partial charge >= 0.3 is 0 Å². The monoisotopic (exact) mass is 235 g/mol. The van der Waals surface area contributed by atoms with Crippen LogP contribution < -0.4 is 0 Å². The zero-order valence-corrected chi connectivity index (χ0v) is 12.3. The van der Waals surface area contributed by atoms with Crippen molar-refractivity contribution in [3.8, 4) is 0 Å². The van der Waals surface area contributed by atoms with E-state index in [-0.39, 0.29) is 0 Å². The standard InChI is InChI=1S/C10H15N.C4H8.C2H6/c1-3-4-7-10-8-5-6-9(2)11-10;1-3-4-2;1-2/h5-6,8H,3-4,7H2,1-2H3;3H,1,4H2,2H3;1-2H3. The molecule has 1 aromatic heterocycles. The zero-order valence-electron chi connectivity index (χ0n) is 12.3. The fourth-order valence-electron chi connectivity index (χ4n) is 1.10. The van der Waals surface area contributed by atoms with Crippen molar-refractivity contribution >= 4 is 0 Å². The Balaban J connectivity index is 0. The van der Waals surface area contributed by atoms with Gasteiger partial charge in [0.1, 0.15) is 0 Å². The lowest BCUT2D eigenvalue weighted by molar-refractivity contribution is 0.774. The van der Waals surface area contributed by atoms with Crippen LogP contribution in [0, 0.1) is 6.92 Å². The third-order valence-corrected chi connectivity index (χ3v) is 2.02. The topological polar surface area (TPSA) is 12.9 Å². The molecule has 17 heavy (non-hydrogen) atoms. The first-order valence-electron chi connectivity index (χ1n) is 6.78. The number of pyridine rings is 1. The van der Waals surface area contributed by atoms with Crippen molar-refractivity contribution in [1.29, 1.82) is 0 Å². The van der Waals surface area contributed by atoms with Crippen LogP contribution in [0.15, 0.2) is 30.9 Å². The molecule has 0 atom stereocenters. The highest BCUT2D eigenvalue weighted by atomic mass is 14.7. The molecule has 0 radical (unpaired) electrons. The van der Waals surface area contributed by atoms with E-state index in [9.17, 15) is 0 Å². The Morgan fingerprint density at radius 3 is 2.24 bits per heavy atom. The Kier molecular flexibility index (Phi) is 16.0.